The van der Waals surface area contributed by atoms with Gasteiger partial charge in [0.05, 0.1) is 11.3 Å². The number of hydrogen-bond acceptors (Lipinski definition) is 4. The molecule has 0 bridgehead atoms. The third-order valence-corrected chi connectivity index (χ3v) is 7.07. The van der Waals surface area contributed by atoms with E-state index in [0.717, 1.165) is 58.5 Å². The predicted molar refractivity (Wildman–Crippen MR) is 126 cm³/mol. The number of piperazine rings is 1. The lowest BCUT2D eigenvalue weighted by Gasteiger charge is -2.44. The summed E-state index contributed by atoms with van der Waals surface area (Å²) in [6.45, 7) is 11.5. The Morgan fingerprint density at radius 3 is 2.66 bits per heavy atom. The zero-order valence-electron chi connectivity index (χ0n) is 19.3. The van der Waals surface area contributed by atoms with Gasteiger partial charge in [0.1, 0.15) is 5.82 Å². The van der Waals surface area contributed by atoms with Crippen LogP contribution in [-0.2, 0) is 0 Å². The number of rotatable bonds is 6. The van der Waals surface area contributed by atoms with Gasteiger partial charge in [-0.15, -0.1) is 0 Å². The molecule has 1 amide bonds. The second-order valence-electron chi connectivity index (χ2n) is 9.73. The lowest BCUT2D eigenvalue weighted by atomic mass is 9.73. The minimum Gasteiger partial charge on any atom is -0.349 e. The normalized spacial score (nSPS) is 24.9. The second-order valence-corrected chi connectivity index (χ2v) is 9.73. The minimum atomic E-state index is -0.293. The number of pyridine rings is 1. The molecular weight excluding hydrogens is 403 g/mol. The number of carbonyl (C=O) groups excluding carboxylic acids is 1. The first kappa shape index (κ1) is 22.9. The van der Waals surface area contributed by atoms with Gasteiger partial charge in [0, 0.05) is 50.5 Å². The Labute approximate surface area is 191 Å². The Morgan fingerprint density at radius 2 is 1.97 bits per heavy atom. The Bertz CT molecular complexity index is 910. The molecule has 5 nitrogen and oxygen atoms in total. The van der Waals surface area contributed by atoms with Crippen molar-refractivity contribution < 1.29 is 9.18 Å². The zero-order chi connectivity index (χ0) is 22.6. The van der Waals surface area contributed by atoms with E-state index in [-0.39, 0.29) is 23.2 Å². The number of hydrogen-bond donors (Lipinski definition) is 1. The molecule has 0 spiro atoms. The molecule has 1 aliphatic carbocycles. The molecule has 1 N–H and O–H groups in total. The molecule has 2 aromatic rings. The molecule has 2 atom stereocenters. The number of carbonyl (C=O) groups is 1. The lowest BCUT2D eigenvalue weighted by Crippen LogP contribution is -2.51. The Balaban J connectivity index is 1.33. The highest BCUT2D eigenvalue weighted by molar-refractivity contribution is 5.94. The number of benzene rings is 1. The summed E-state index contributed by atoms with van der Waals surface area (Å²) in [7, 11) is 0. The average molecular weight is 439 g/mol. The van der Waals surface area contributed by atoms with Crippen LogP contribution in [-0.4, -0.2) is 66.0 Å². The van der Waals surface area contributed by atoms with Crippen LogP contribution in [0.1, 0.15) is 49.9 Å². The van der Waals surface area contributed by atoms with Crippen LogP contribution >= 0.6 is 0 Å². The predicted octanol–water partition coefficient (Wildman–Crippen LogP) is 4.20. The monoisotopic (exact) mass is 438 g/mol. The van der Waals surface area contributed by atoms with E-state index in [2.05, 4.69) is 33.9 Å². The average Bonchev–Trinajstić information content (AvgIpc) is 2.79. The fourth-order valence-electron chi connectivity index (χ4n) is 5.26. The molecule has 0 unspecified atom stereocenters. The maximum Gasteiger partial charge on any atom is 0.253 e. The van der Waals surface area contributed by atoms with Gasteiger partial charge >= 0.3 is 0 Å². The first-order chi connectivity index (χ1) is 15.4. The molecule has 1 aromatic carbocycles. The second kappa shape index (κ2) is 10.1. The Kier molecular flexibility index (Phi) is 7.21. The van der Waals surface area contributed by atoms with E-state index < -0.39 is 0 Å². The lowest BCUT2D eigenvalue weighted by molar-refractivity contribution is 0.0627. The van der Waals surface area contributed by atoms with Crippen molar-refractivity contribution in [2.24, 2.45) is 5.41 Å². The number of likely N-dealkylation sites (N-methyl/N-ethyl adjacent to an activating group) is 1. The largest absolute Gasteiger partial charge is 0.349 e. The molecule has 172 valence electrons. The van der Waals surface area contributed by atoms with Crippen molar-refractivity contribution >= 4 is 5.91 Å². The maximum absolute atomic E-state index is 13.5. The summed E-state index contributed by atoms with van der Waals surface area (Å²) in [6.07, 6.45) is 6.00. The number of amides is 1. The van der Waals surface area contributed by atoms with Gasteiger partial charge in [-0.3, -0.25) is 9.78 Å². The fourth-order valence-corrected chi connectivity index (χ4v) is 5.26. The molecular formula is C26H35FN4O. The molecule has 2 aliphatic rings. The van der Waals surface area contributed by atoms with Crippen LogP contribution < -0.4 is 5.32 Å². The van der Waals surface area contributed by atoms with Crippen LogP contribution in [0.25, 0.3) is 11.3 Å². The molecule has 1 aliphatic heterocycles. The van der Waals surface area contributed by atoms with E-state index >= 15 is 0 Å². The zero-order valence-corrected chi connectivity index (χ0v) is 19.3. The highest BCUT2D eigenvalue weighted by atomic mass is 19.1. The van der Waals surface area contributed by atoms with Crippen molar-refractivity contribution in [2.45, 2.75) is 45.6 Å². The molecule has 1 saturated carbocycles. The van der Waals surface area contributed by atoms with Gasteiger partial charge in [-0.05, 0) is 55.5 Å². The molecule has 1 aromatic heterocycles. The number of aromatic nitrogens is 1. The number of nitrogens with zero attached hydrogens (tertiary/aromatic N) is 3. The van der Waals surface area contributed by atoms with Crippen LogP contribution in [0.3, 0.4) is 0 Å². The first-order valence-corrected chi connectivity index (χ1v) is 11.9. The molecule has 0 radical (unpaired) electrons. The smallest absolute Gasteiger partial charge is 0.253 e. The van der Waals surface area contributed by atoms with Gasteiger partial charge in [0.15, 0.2) is 0 Å². The first-order valence-electron chi connectivity index (χ1n) is 11.9. The van der Waals surface area contributed by atoms with Gasteiger partial charge in [0.25, 0.3) is 5.91 Å². The molecule has 1 saturated heterocycles. The van der Waals surface area contributed by atoms with E-state index in [1.54, 1.807) is 24.4 Å². The molecule has 2 heterocycles. The molecule has 32 heavy (non-hydrogen) atoms. The van der Waals surface area contributed by atoms with E-state index in [1.165, 1.54) is 18.6 Å². The standard InChI is InChI=1S/C26H35FN4O/c1-3-30-12-14-31(15-13-30)19-26(2)11-5-8-23(17-26)29-25(32)21-9-10-24(28-18-21)20-6-4-7-22(27)16-20/h4,6-7,9-10,16,18,23H,3,5,8,11-15,17,19H2,1-2H3,(H,29,32)/t23-,26+/m1/s1. The van der Waals surface area contributed by atoms with Crippen molar-refractivity contribution in [1.82, 2.24) is 20.1 Å². The quantitative estimate of drug-likeness (QED) is 0.734. The van der Waals surface area contributed by atoms with Crippen LogP contribution in [0.4, 0.5) is 4.39 Å². The summed E-state index contributed by atoms with van der Waals surface area (Å²) in [5.41, 5.74) is 2.16. The van der Waals surface area contributed by atoms with E-state index in [9.17, 15) is 9.18 Å². The van der Waals surface area contributed by atoms with Crippen LogP contribution in [0.5, 0.6) is 0 Å². The minimum absolute atomic E-state index is 0.0749. The van der Waals surface area contributed by atoms with Crippen LogP contribution in [0, 0.1) is 11.2 Å². The summed E-state index contributed by atoms with van der Waals surface area (Å²) in [5.74, 6) is -0.368. The van der Waals surface area contributed by atoms with Crippen LogP contribution in [0.15, 0.2) is 42.6 Å². The van der Waals surface area contributed by atoms with Crippen molar-refractivity contribution in [3.63, 3.8) is 0 Å². The third-order valence-electron chi connectivity index (χ3n) is 7.07. The van der Waals surface area contributed by atoms with E-state index in [0.29, 0.717) is 16.8 Å². The van der Waals surface area contributed by atoms with E-state index in [4.69, 9.17) is 0 Å². The number of halogens is 1. The van der Waals surface area contributed by atoms with Crippen LogP contribution in [0.2, 0.25) is 0 Å². The van der Waals surface area contributed by atoms with Crippen molar-refractivity contribution in [1.29, 1.82) is 0 Å². The fraction of sp³-hybridized carbons (Fsp3) is 0.538. The van der Waals surface area contributed by atoms with Crippen molar-refractivity contribution in [2.75, 3.05) is 39.3 Å². The van der Waals surface area contributed by atoms with Gasteiger partial charge in [0.2, 0.25) is 0 Å². The summed E-state index contributed by atoms with van der Waals surface area (Å²) in [6, 6.07) is 10.1. The van der Waals surface area contributed by atoms with Gasteiger partial charge < -0.3 is 15.1 Å². The molecule has 6 heteroatoms. The summed E-state index contributed by atoms with van der Waals surface area (Å²) >= 11 is 0. The Morgan fingerprint density at radius 1 is 1.19 bits per heavy atom. The van der Waals surface area contributed by atoms with Gasteiger partial charge in [-0.25, -0.2) is 4.39 Å². The molecule has 4 rings (SSSR count). The topological polar surface area (TPSA) is 48.5 Å². The third kappa shape index (κ3) is 5.73. The van der Waals surface area contributed by atoms with E-state index in [1.807, 2.05) is 6.07 Å². The molecule has 2 fully saturated rings. The summed E-state index contributed by atoms with van der Waals surface area (Å²) in [5, 5.41) is 3.25. The highest BCUT2D eigenvalue weighted by Crippen LogP contribution is 2.37. The van der Waals surface area contributed by atoms with Gasteiger partial charge in [-0.2, -0.15) is 0 Å². The maximum atomic E-state index is 13.5. The summed E-state index contributed by atoms with van der Waals surface area (Å²) < 4.78 is 13.5. The van der Waals surface area contributed by atoms with Crippen molar-refractivity contribution in [3.05, 3.63) is 54.0 Å². The van der Waals surface area contributed by atoms with Gasteiger partial charge in [-0.1, -0.05) is 32.4 Å². The van der Waals surface area contributed by atoms with Crippen molar-refractivity contribution in [3.8, 4) is 11.3 Å². The highest BCUT2D eigenvalue weighted by Gasteiger charge is 2.35. The summed E-state index contributed by atoms with van der Waals surface area (Å²) in [4.78, 5) is 22.4. The Hall–Kier alpha value is -2.31. The SMILES string of the molecule is CCN1CCN(C[C@@]2(C)CCC[C@@H](NC(=O)c3ccc(-c4cccc(F)c4)nc3)C2)CC1. The number of nitrogens with one attached hydrogen (secondary N) is 1.